The van der Waals surface area contributed by atoms with Gasteiger partial charge in [0.2, 0.25) is 0 Å². The third-order valence-electron chi connectivity index (χ3n) is 3.61. The molecule has 0 spiro atoms. The van der Waals surface area contributed by atoms with E-state index in [1.54, 1.807) is 37.4 Å². The minimum atomic E-state index is -0.277. The first kappa shape index (κ1) is 17.1. The summed E-state index contributed by atoms with van der Waals surface area (Å²) in [6, 6.07) is 12.0. The molecule has 6 nitrogen and oxygen atoms in total. The first-order chi connectivity index (χ1) is 12.0. The van der Waals surface area contributed by atoms with Crippen molar-refractivity contribution in [2.24, 2.45) is 7.05 Å². The second-order valence-corrected chi connectivity index (χ2v) is 6.12. The smallest absolute Gasteiger partial charge is 0.343 e. The Morgan fingerprint density at radius 2 is 1.88 bits per heavy atom. The molecule has 0 aliphatic carbocycles. The zero-order chi connectivity index (χ0) is 18.0. The normalized spacial score (nSPS) is 10.5. The Balaban J connectivity index is 1.91. The van der Waals surface area contributed by atoms with Crippen LogP contribution in [0.2, 0.25) is 10.0 Å². The van der Waals surface area contributed by atoms with Crippen molar-refractivity contribution < 1.29 is 4.74 Å². The molecule has 0 unspecified atom stereocenters. The highest BCUT2D eigenvalue weighted by molar-refractivity contribution is 6.32. The number of hydrogen-bond donors (Lipinski definition) is 1. The molecular weight excluding hydrogens is 363 g/mol. The van der Waals surface area contributed by atoms with Gasteiger partial charge < -0.3 is 4.74 Å². The Bertz CT molecular complexity index is 1030. The van der Waals surface area contributed by atoms with Gasteiger partial charge in [-0.05, 0) is 29.8 Å². The predicted molar refractivity (Wildman–Crippen MR) is 94.3 cm³/mol. The number of nitrogens with zero attached hydrogens (tertiary/aromatic N) is 3. The zero-order valence-electron chi connectivity index (χ0n) is 13.1. The Morgan fingerprint density at radius 3 is 2.52 bits per heavy atom. The molecule has 3 aromatic rings. The highest BCUT2D eigenvalue weighted by Gasteiger charge is 2.11. The average molecular weight is 375 g/mol. The second kappa shape index (κ2) is 7.01. The average Bonchev–Trinajstić information content (AvgIpc) is 2.91. The van der Waals surface area contributed by atoms with Crippen LogP contribution in [0.25, 0.3) is 0 Å². The van der Waals surface area contributed by atoms with E-state index in [1.807, 2.05) is 12.1 Å². The summed E-state index contributed by atoms with van der Waals surface area (Å²) in [4.78, 5) is 11.4. The molecule has 1 heterocycles. The number of ether oxygens (including phenoxy) is 1. The van der Waals surface area contributed by atoms with Gasteiger partial charge in [-0.1, -0.05) is 29.3 Å². The monoisotopic (exact) mass is 374 g/mol. The van der Waals surface area contributed by atoms with E-state index >= 15 is 0 Å². The van der Waals surface area contributed by atoms with Gasteiger partial charge in [0.05, 0.1) is 21.7 Å². The van der Waals surface area contributed by atoms with Crippen LogP contribution in [0.4, 0.5) is 0 Å². The summed E-state index contributed by atoms with van der Waals surface area (Å²) in [6.45, 7) is 0. The molecule has 2 aromatic carbocycles. The van der Waals surface area contributed by atoms with Crippen LogP contribution in [0.5, 0.6) is 11.5 Å². The molecule has 0 amide bonds. The second-order valence-electron chi connectivity index (χ2n) is 5.30. The Morgan fingerprint density at radius 1 is 1.20 bits per heavy atom. The summed E-state index contributed by atoms with van der Waals surface area (Å²) in [5.74, 6) is 1.33. The third-order valence-corrected chi connectivity index (χ3v) is 4.23. The first-order valence-corrected chi connectivity index (χ1v) is 7.99. The van der Waals surface area contributed by atoms with Crippen molar-refractivity contribution >= 4 is 23.2 Å². The number of aromatic amines is 1. The number of benzene rings is 2. The number of halogens is 2. The molecule has 0 saturated carbocycles. The van der Waals surface area contributed by atoms with E-state index in [4.69, 9.17) is 33.2 Å². The summed E-state index contributed by atoms with van der Waals surface area (Å²) < 4.78 is 7.22. The molecule has 0 aliphatic rings. The zero-order valence-corrected chi connectivity index (χ0v) is 14.6. The lowest BCUT2D eigenvalue weighted by Crippen LogP contribution is -2.14. The molecule has 0 fully saturated rings. The van der Waals surface area contributed by atoms with Crippen molar-refractivity contribution in [2.45, 2.75) is 6.42 Å². The maximum absolute atomic E-state index is 11.4. The van der Waals surface area contributed by atoms with Crippen molar-refractivity contribution in [3.63, 3.8) is 0 Å². The fourth-order valence-electron chi connectivity index (χ4n) is 2.23. The van der Waals surface area contributed by atoms with Crippen molar-refractivity contribution in [1.29, 1.82) is 5.26 Å². The number of hydrogen-bond acceptors (Lipinski definition) is 4. The van der Waals surface area contributed by atoms with Crippen LogP contribution in [0, 0.1) is 11.3 Å². The van der Waals surface area contributed by atoms with Crippen LogP contribution < -0.4 is 10.4 Å². The summed E-state index contributed by atoms with van der Waals surface area (Å²) in [7, 11) is 1.64. The molecule has 8 heteroatoms. The fraction of sp³-hybridized carbons (Fsp3) is 0.118. The van der Waals surface area contributed by atoms with Gasteiger partial charge in [-0.2, -0.15) is 10.4 Å². The standard InChI is InChI=1S/C17H12Cl2N4O2/c1-23-16(21-22-17(23)24)8-10-2-4-12(18)14(6-10)25-15-7-11(9-20)3-5-13(15)19/h2-7H,8H2,1H3,(H,22,24). The van der Waals surface area contributed by atoms with Gasteiger partial charge in [0, 0.05) is 19.5 Å². The number of rotatable bonds is 4. The van der Waals surface area contributed by atoms with Crippen LogP contribution in [-0.4, -0.2) is 14.8 Å². The van der Waals surface area contributed by atoms with E-state index < -0.39 is 0 Å². The topological polar surface area (TPSA) is 83.7 Å². The molecule has 0 saturated heterocycles. The summed E-state index contributed by atoms with van der Waals surface area (Å²) >= 11 is 12.3. The van der Waals surface area contributed by atoms with Crippen LogP contribution in [-0.2, 0) is 13.5 Å². The van der Waals surface area contributed by atoms with Crippen LogP contribution in [0.3, 0.4) is 0 Å². The Hall–Kier alpha value is -2.75. The van der Waals surface area contributed by atoms with Gasteiger partial charge in [-0.15, -0.1) is 0 Å². The maximum Gasteiger partial charge on any atom is 0.343 e. The van der Waals surface area contributed by atoms with Gasteiger partial charge in [0.15, 0.2) is 0 Å². The first-order valence-electron chi connectivity index (χ1n) is 7.24. The highest BCUT2D eigenvalue weighted by atomic mass is 35.5. The van der Waals surface area contributed by atoms with Gasteiger partial charge in [0.1, 0.15) is 17.3 Å². The largest absolute Gasteiger partial charge is 0.454 e. The molecule has 1 aromatic heterocycles. The molecule has 0 radical (unpaired) electrons. The fourth-order valence-corrected chi connectivity index (χ4v) is 2.54. The predicted octanol–water partition coefficient (Wildman–Crippen LogP) is 3.67. The van der Waals surface area contributed by atoms with E-state index in [9.17, 15) is 4.79 Å². The Labute approximate surface area is 153 Å². The quantitative estimate of drug-likeness (QED) is 0.754. The molecule has 0 aliphatic heterocycles. The van der Waals surface area contributed by atoms with E-state index in [0.717, 1.165) is 5.56 Å². The van der Waals surface area contributed by atoms with E-state index in [0.29, 0.717) is 39.4 Å². The number of H-pyrrole nitrogens is 1. The van der Waals surface area contributed by atoms with E-state index in [1.165, 1.54) is 4.57 Å². The molecule has 0 bridgehead atoms. The van der Waals surface area contributed by atoms with Gasteiger partial charge in [-0.3, -0.25) is 4.57 Å². The molecule has 0 atom stereocenters. The lowest BCUT2D eigenvalue weighted by Gasteiger charge is -2.11. The van der Waals surface area contributed by atoms with Gasteiger partial charge in [-0.25, -0.2) is 9.89 Å². The third kappa shape index (κ3) is 3.68. The van der Waals surface area contributed by atoms with Crippen molar-refractivity contribution in [1.82, 2.24) is 14.8 Å². The van der Waals surface area contributed by atoms with Crippen LogP contribution >= 0.6 is 23.2 Å². The molecule has 3 rings (SSSR count). The number of aromatic nitrogens is 3. The van der Waals surface area contributed by atoms with E-state index in [2.05, 4.69) is 10.2 Å². The van der Waals surface area contributed by atoms with Crippen molar-refractivity contribution in [3.05, 3.63) is 73.9 Å². The van der Waals surface area contributed by atoms with E-state index in [-0.39, 0.29) is 5.69 Å². The Kier molecular flexibility index (Phi) is 4.79. The van der Waals surface area contributed by atoms with Gasteiger partial charge in [0.25, 0.3) is 0 Å². The van der Waals surface area contributed by atoms with Crippen molar-refractivity contribution in [3.8, 4) is 17.6 Å². The summed E-state index contributed by atoms with van der Waals surface area (Å²) in [5, 5.41) is 16.1. The van der Waals surface area contributed by atoms with Gasteiger partial charge >= 0.3 is 5.69 Å². The van der Waals surface area contributed by atoms with Crippen molar-refractivity contribution in [2.75, 3.05) is 0 Å². The van der Waals surface area contributed by atoms with Crippen LogP contribution in [0.15, 0.2) is 41.2 Å². The number of nitrogens with one attached hydrogen (secondary N) is 1. The highest BCUT2D eigenvalue weighted by Crippen LogP contribution is 2.35. The summed E-state index contributed by atoms with van der Waals surface area (Å²) in [5.41, 5.74) is 1.01. The molecule has 25 heavy (non-hydrogen) atoms. The molecular formula is C17H12Cl2N4O2. The SMILES string of the molecule is Cn1c(Cc2ccc(Cl)c(Oc3cc(C#N)ccc3Cl)c2)n[nH]c1=O. The molecule has 1 N–H and O–H groups in total. The molecule has 126 valence electrons. The minimum absolute atomic E-state index is 0.277. The lowest BCUT2D eigenvalue weighted by atomic mass is 10.1. The maximum atomic E-state index is 11.4. The summed E-state index contributed by atoms with van der Waals surface area (Å²) in [6.07, 6.45) is 0.425. The van der Waals surface area contributed by atoms with Crippen LogP contribution in [0.1, 0.15) is 17.0 Å². The lowest BCUT2D eigenvalue weighted by molar-refractivity contribution is 0.482. The number of nitriles is 1. The minimum Gasteiger partial charge on any atom is -0.454 e.